The molecule has 0 aromatic carbocycles. The summed E-state index contributed by atoms with van der Waals surface area (Å²) < 4.78 is 37.3. The number of alkyl halides is 1. The smallest absolute Gasteiger partial charge is 0.211 e. The van der Waals surface area contributed by atoms with Gasteiger partial charge in [-0.2, -0.15) is 0 Å². The predicted octanol–water partition coefficient (Wildman–Crippen LogP) is 0.535. The van der Waals surface area contributed by atoms with E-state index < -0.39 is 16.7 Å². The van der Waals surface area contributed by atoms with Crippen molar-refractivity contribution in [3.8, 4) is 0 Å². The average Bonchev–Trinajstić information content (AvgIpc) is 2.18. The van der Waals surface area contributed by atoms with Gasteiger partial charge in [0.25, 0.3) is 0 Å². The minimum absolute atomic E-state index is 0.00517. The van der Waals surface area contributed by atoms with Crippen molar-refractivity contribution < 1.29 is 12.8 Å². The van der Waals surface area contributed by atoms with E-state index in [9.17, 15) is 12.8 Å². The fourth-order valence-electron chi connectivity index (χ4n) is 1.79. The molecule has 0 saturated heterocycles. The van der Waals surface area contributed by atoms with Crippen molar-refractivity contribution in [2.24, 2.45) is 5.73 Å². The molecule has 0 aromatic heterocycles. The first-order chi connectivity index (χ1) is 7.03. The summed E-state index contributed by atoms with van der Waals surface area (Å²) in [6.45, 7) is -0.587. The molecular formula is C9H19FN2O2S. The highest BCUT2D eigenvalue weighted by Crippen LogP contribution is 2.17. The second-order valence-electron chi connectivity index (χ2n) is 4.09. The highest BCUT2D eigenvalue weighted by Gasteiger charge is 2.22. The molecule has 6 heteroatoms. The molecule has 0 spiro atoms. The lowest BCUT2D eigenvalue weighted by Crippen LogP contribution is -2.41. The zero-order chi connectivity index (χ0) is 11.3. The van der Waals surface area contributed by atoms with E-state index in [-0.39, 0.29) is 24.3 Å². The van der Waals surface area contributed by atoms with Crippen LogP contribution in [0.15, 0.2) is 0 Å². The second kappa shape index (κ2) is 5.77. The molecule has 0 unspecified atom stereocenters. The van der Waals surface area contributed by atoms with E-state index >= 15 is 0 Å². The zero-order valence-electron chi connectivity index (χ0n) is 8.78. The van der Waals surface area contributed by atoms with Gasteiger partial charge in [0.05, 0.1) is 12.4 Å². The maximum absolute atomic E-state index is 11.8. The third-order valence-electron chi connectivity index (χ3n) is 2.66. The number of nitrogens with two attached hydrogens (primary N) is 1. The molecule has 15 heavy (non-hydrogen) atoms. The summed E-state index contributed by atoms with van der Waals surface area (Å²) >= 11 is 0. The Labute approximate surface area is 90.5 Å². The van der Waals surface area contributed by atoms with E-state index in [2.05, 4.69) is 4.72 Å². The Bertz CT molecular complexity index is 274. The maximum atomic E-state index is 11.8. The minimum atomic E-state index is -3.29. The van der Waals surface area contributed by atoms with Crippen LogP contribution in [0, 0.1) is 0 Å². The van der Waals surface area contributed by atoms with Crippen LogP contribution in [-0.4, -0.2) is 32.9 Å². The van der Waals surface area contributed by atoms with Crippen molar-refractivity contribution >= 4 is 10.0 Å². The highest BCUT2D eigenvalue weighted by molar-refractivity contribution is 7.89. The lowest BCUT2D eigenvalue weighted by atomic mass is 9.93. The van der Waals surface area contributed by atoms with Gasteiger partial charge in [-0.3, -0.25) is 4.39 Å². The van der Waals surface area contributed by atoms with Crippen LogP contribution in [-0.2, 0) is 10.0 Å². The summed E-state index contributed by atoms with van der Waals surface area (Å²) in [6.07, 6.45) is 3.36. The molecule has 1 fully saturated rings. The molecule has 1 aliphatic carbocycles. The molecule has 0 radical (unpaired) electrons. The number of rotatable bonds is 5. The van der Waals surface area contributed by atoms with Crippen molar-refractivity contribution in [3.63, 3.8) is 0 Å². The summed E-state index contributed by atoms with van der Waals surface area (Å²) in [6, 6.07) is 0.200. The second-order valence-corrected chi connectivity index (χ2v) is 5.96. The third kappa shape index (κ3) is 4.90. The van der Waals surface area contributed by atoms with Crippen molar-refractivity contribution in [2.75, 3.05) is 12.4 Å². The summed E-state index contributed by atoms with van der Waals surface area (Å²) in [5, 5.41) is 0. The van der Waals surface area contributed by atoms with Gasteiger partial charge in [0, 0.05) is 12.1 Å². The number of halogens is 1. The molecule has 0 amide bonds. The minimum Gasteiger partial charge on any atom is -0.328 e. The van der Waals surface area contributed by atoms with E-state index in [0.29, 0.717) is 0 Å². The fraction of sp³-hybridized carbons (Fsp3) is 1.00. The number of nitrogens with one attached hydrogen (secondary N) is 1. The lowest BCUT2D eigenvalue weighted by Gasteiger charge is -2.26. The largest absolute Gasteiger partial charge is 0.328 e. The van der Waals surface area contributed by atoms with Crippen molar-refractivity contribution in [1.29, 1.82) is 0 Å². The van der Waals surface area contributed by atoms with Crippen LogP contribution in [0.5, 0.6) is 0 Å². The van der Waals surface area contributed by atoms with Crippen LogP contribution in [0.25, 0.3) is 0 Å². The van der Waals surface area contributed by atoms with Crippen molar-refractivity contribution in [2.45, 2.75) is 44.2 Å². The van der Waals surface area contributed by atoms with Crippen LogP contribution in [0.1, 0.15) is 32.1 Å². The van der Waals surface area contributed by atoms with E-state index in [0.717, 1.165) is 25.7 Å². The topological polar surface area (TPSA) is 72.2 Å². The monoisotopic (exact) mass is 238 g/mol. The van der Waals surface area contributed by atoms with E-state index in [1.54, 1.807) is 0 Å². The first-order valence-electron chi connectivity index (χ1n) is 5.35. The van der Waals surface area contributed by atoms with E-state index in [1.165, 1.54) is 0 Å². The highest BCUT2D eigenvalue weighted by atomic mass is 32.2. The Balaban J connectivity index is 2.34. The number of sulfonamides is 1. The standard InChI is InChI=1S/C9H19FN2O2S/c10-6-1-7-15(13,14)12-9-4-2-8(11)3-5-9/h8-9,12H,1-7,11H2. The van der Waals surface area contributed by atoms with E-state index in [1.807, 2.05) is 0 Å². The summed E-state index contributed by atoms with van der Waals surface area (Å²) in [4.78, 5) is 0. The molecule has 0 aromatic rings. The van der Waals surface area contributed by atoms with Gasteiger partial charge in [0.1, 0.15) is 0 Å². The van der Waals surface area contributed by atoms with Gasteiger partial charge in [-0.05, 0) is 32.1 Å². The molecule has 3 N–H and O–H groups in total. The summed E-state index contributed by atoms with van der Waals surface area (Å²) in [7, 11) is -3.29. The SMILES string of the molecule is NC1CCC(NS(=O)(=O)CCCF)CC1. The molecule has 4 nitrogen and oxygen atoms in total. The molecule has 0 aliphatic heterocycles. The summed E-state index contributed by atoms with van der Waals surface area (Å²) in [5.74, 6) is -0.119. The molecule has 1 rings (SSSR count). The normalized spacial score (nSPS) is 27.9. The lowest BCUT2D eigenvalue weighted by molar-refractivity contribution is 0.373. The van der Waals surface area contributed by atoms with Crippen molar-refractivity contribution in [1.82, 2.24) is 4.72 Å². The van der Waals surface area contributed by atoms with Gasteiger partial charge in [-0.15, -0.1) is 0 Å². The Hall–Kier alpha value is -0.200. The quantitative estimate of drug-likeness (QED) is 0.734. The van der Waals surface area contributed by atoms with Crippen LogP contribution >= 0.6 is 0 Å². The molecule has 1 aliphatic rings. The van der Waals surface area contributed by atoms with E-state index in [4.69, 9.17) is 5.73 Å². The van der Waals surface area contributed by atoms with Gasteiger partial charge < -0.3 is 5.73 Å². The van der Waals surface area contributed by atoms with Crippen LogP contribution in [0.4, 0.5) is 4.39 Å². The van der Waals surface area contributed by atoms with Gasteiger partial charge in [0.15, 0.2) is 0 Å². The van der Waals surface area contributed by atoms with Gasteiger partial charge in [-0.1, -0.05) is 0 Å². The third-order valence-corrected chi connectivity index (χ3v) is 4.18. The zero-order valence-corrected chi connectivity index (χ0v) is 9.60. The Morgan fingerprint density at radius 1 is 1.27 bits per heavy atom. The first-order valence-corrected chi connectivity index (χ1v) is 7.00. The molecular weight excluding hydrogens is 219 g/mol. The average molecular weight is 238 g/mol. The van der Waals surface area contributed by atoms with Gasteiger partial charge in [0.2, 0.25) is 10.0 Å². The maximum Gasteiger partial charge on any atom is 0.211 e. The van der Waals surface area contributed by atoms with Gasteiger partial charge >= 0.3 is 0 Å². The Morgan fingerprint density at radius 3 is 2.40 bits per heavy atom. The van der Waals surface area contributed by atoms with Crippen molar-refractivity contribution in [3.05, 3.63) is 0 Å². The predicted molar refractivity (Wildman–Crippen MR) is 57.7 cm³/mol. The van der Waals surface area contributed by atoms with Crippen LogP contribution < -0.4 is 10.5 Å². The fourth-order valence-corrected chi connectivity index (χ4v) is 3.15. The number of hydrogen-bond acceptors (Lipinski definition) is 3. The molecule has 0 heterocycles. The van der Waals surface area contributed by atoms with Gasteiger partial charge in [-0.25, -0.2) is 13.1 Å². The van der Waals surface area contributed by atoms with Crippen LogP contribution in [0.2, 0.25) is 0 Å². The first kappa shape index (κ1) is 12.9. The number of hydrogen-bond donors (Lipinski definition) is 2. The molecule has 1 saturated carbocycles. The molecule has 0 atom stereocenters. The Kier molecular flexibility index (Phi) is 4.95. The summed E-state index contributed by atoms with van der Waals surface area (Å²) in [5.41, 5.74) is 5.71. The Morgan fingerprint density at radius 2 is 1.87 bits per heavy atom. The van der Waals surface area contributed by atoms with Crippen LogP contribution in [0.3, 0.4) is 0 Å². The molecule has 0 bridgehead atoms. The molecule has 90 valence electrons.